The summed E-state index contributed by atoms with van der Waals surface area (Å²) in [6.45, 7) is 1.51. The molecule has 1 aliphatic rings. The summed E-state index contributed by atoms with van der Waals surface area (Å²) in [6.07, 6.45) is 3.07. The molecule has 1 aliphatic heterocycles. The number of piperidine rings is 1. The molecule has 0 unspecified atom stereocenters. The van der Waals surface area contributed by atoms with Gasteiger partial charge < -0.3 is 20.0 Å². The molecule has 1 aromatic heterocycles. The summed E-state index contributed by atoms with van der Waals surface area (Å²) < 4.78 is 5.59. The Morgan fingerprint density at radius 3 is 2.26 bits per heavy atom. The molecule has 0 atom stereocenters. The lowest BCUT2D eigenvalue weighted by Crippen LogP contribution is -2.34. The van der Waals surface area contributed by atoms with Gasteiger partial charge in [-0.1, -0.05) is 18.2 Å². The number of hydrogen-bond donors (Lipinski definition) is 3. The summed E-state index contributed by atoms with van der Waals surface area (Å²) >= 11 is 5.26. The molecule has 198 valence electrons. The Morgan fingerprint density at radius 1 is 0.872 bits per heavy atom. The largest absolute Gasteiger partial charge is 0.451 e. The highest BCUT2D eigenvalue weighted by Gasteiger charge is 2.23. The van der Waals surface area contributed by atoms with Crippen LogP contribution in [0.15, 0.2) is 77.2 Å². The Kier molecular flexibility index (Phi) is 7.50. The van der Waals surface area contributed by atoms with Gasteiger partial charge in [0.05, 0.1) is 4.92 Å². The molecule has 11 heteroatoms. The van der Waals surface area contributed by atoms with E-state index >= 15 is 0 Å². The number of fused-ring (bicyclic) bond motifs is 1. The molecule has 1 saturated heterocycles. The third kappa shape index (κ3) is 6.04. The molecule has 0 aliphatic carbocycles. The van der Waals surface area contributed by atoms with Crippen molar-refractivity contribution in [2.75, 3.05) is 28.6 Å². The number of hydrogen-bond acceptors (Lipinski definition) is 7. The first-order chi connectivity index (χ1) is 18.9. The van der Waals surface area contributed by atoms with Crippen LogP contribution in [0.5, 0.6) is 0 Å². The minimum atomic E-state index is -0.560. The topological polar surface area (TPSA) is 130 Å². The first-order valence-corrected chi connectivity index (χ1v) is 12.8. The van der Waals surface area contributed by atoms with Gasteiger partial charge in [-0.2, -0.15) is 0 Å². The zero-order valence-corrected chi connectivity index (χ0v) is 21.6. The Hall–Kier alpha value is -4.77. The highest BCUT2D eigenvalue weighted by Crippen LogP contribution is 2.31. The number of carbonyl (C=O) groups excluding carboxylic acids is 2. The monoisotopic (exact) mass is 543 g/mol. The van der Waals surface area contributed by atoms with Gasteiger partial charge >= 0.3 is 0 Å². The molecular weight excluding hydrogens is 518 g/mol. The molecule has 0 spiro atoms. The first-order valence-electron chi connectivity index (χ1n) is 12.4. The second kappa shape index (κ2) is 11.3. The molecule has 5 rings (SSSR count). The number of anilines is 3. The molecule has 0 radical (unpaired) electrons. The van der Waals surface area contributed by atoms with E-state index in [1.165, 1.54) is 6.07 Å². The molecule has 39 heavy (non-hydrogen) atoms. The summed E-state index contributed by atoms with van der Waals surface area (Å²) in [6, 6.07) is 20.2. The van der Waals surface area contributed by atoms with Gasteiger partial charge in [-0.05, 0) is 80.0 Å². The third-order valence-corrected chi connectivity index (χ3v) is 6.61. The zero-order chi connectivity index (χ0) is 27.4. The Bertz CT molecular complexity index is 1530. The van der Waals surface area contributed by atoms with Crippen molar-refractivity contribution in [3.8, 4) is 0 Å². The maximum absolute atomic E-state index is 12.8. The number of nitro benzene ring substituents is 1. The van der Waals surface area contributed by atoms with E-state index in [1.807, 2.05) is 23.1 Å². The Labute approximate surface area is 229 Å². The van der Waals surface area contributed by atoms with Crippen LogP contribution < -0.4 is 20.9 Å². The number of furan rings is 1. The summed E-state index contributed by atoms with van der Waals surface area (Å²) in [4.78, 5) is 38.5. The quantitative estimate of drug-likeness (QED) is 0.160. The van der Waals surface area contributed by atoms with Crippen LogP contribution in [0.4, 0.5) is 22.7 Å². The van der Waals surface area contributed by atoms with Crippen LogP contribution in [0, 0.1) is 10.1 Å². The average molecular weight is 544 g/mol. The van der Waals surface area contributed by atoms with Gasteiger partial charge in [-0.15, -0.1) is 0 Å². The van der Waals surface area contributed by atoms with Crippen molar-refractivity contribution in [2.45, 2.75) is 19.3 Å². The van der Waals surface area contributed by atoms with Crippen LogP contribution in [0.3, 0.4) is 0 Å². The van der Waals surface area contributed by atoms with Gasteiger partial charge in [0.25, 0.3) is 17.5 Å². The second-order valence-electron chi connectivity index (χ2n) is 9.10. The van der Waals surface area contributed by atoms with E-state index in [4.69, 9.17) is 16.6 Å². The fourth-order valence-electron chi connectivity index (χ4n) is 4.47. The summed E-state index contributed by atoms with van der Waals surface area (Å²) in [5.41, 5.74) is 2.30. The van der Waals surface area contributed by atoms with Gasteiger partial charge in [0.1, 0.15) is 11.3 Å². The molecule has 10 nitrogen and oxygen atoms in total. The fourth-order valence-corrected chi connectivity index (χ4v) is 4.68. The first kappa shape index (κ1) is 25.9. The minimum Gasteiger partial charge on any atom is -0.451 e. The number of amides is 2. The summed E-state index contributed by atoms with van der Waals surface area (Å²) in [5.74, 6) is -0.739. The van der Waals surface area contributed by atoms with Crippen molar-refractivity contribution >= 4 is 62.9 Å². The van der Waals surface area contributed by atoms with E-state index in [1.54, 1.807) is 48.5 Å². The SMILES string of the molecule is O=C(NC(=S)Nc1ccc(NC(=O)c2cc3ccccc3o2)cc1)c1ccc(N2CCCCC2)c([N+](=O)[O-])c1. The molecule has 1 fully saturated rings. The van der Waals surface area contributed by atoms with Crippen molar-refractivity contribution in [1.29, 1.82) is 0 Å². The molecule has 4 aromatic rings. The van der Waals surface area contributed by atoms with E-state index in [0.717, 1.165) is 37.7 Å². The average Bonchev–Trinajstić information content (AvgIpc) is 3.39. The van der Waals surface area contributed by atoms with Crippen molar-refractivity contribution in [1.82, 2.24) is 5.32 Å². The normalized spacial score (nSPS) is 13.1. The molecular formula is C28H25N5O5S. The minimum absolute atomic E-state index is 0.0295. The molecule has 0 saturated carbocycles. The number of para-hydroxylation sites is 1. The predicted molar refractivity (Wildman–Crippen MR) is 153 cm³/mol. The van der Waals surface area contributed by atoms with Crippen molar-refractivity contribution in [2.24, 2.45) is 0 Å². The van der Waals surface area contributed by atoms with Gasteiger partial charge in [-0.25, -0.2) is 0 Å². The van der Waals surface area contributed by atoms with Gasteiger partial charge in [0.2, 0.25) is 0 Å². The lowest BCUT2D eigenvalue weighted by atomic mass is 10.1. The molecule has 2 heterocycles. The molecule has 0 bridgehead atoms. The van der Waals surface area contributed by atoms with Crippen LogP contribution in [0.2, 0.25) is 0 Å². The van der Waals surface area contributed by atoms with Crippen molar-refractivity contribution < 1.29 is 18.9 Å². The Balaban J connectivity index is 1.18. The van der Waals surface area contributed by atoms with E-state index in [2.05, 4.69) is 16.0 Å². The maximum Gasteiger partial charge on any atom is 0.293 e. The van der Waals surface area contributed by atoms with E-state index < -0.39 is 10.8 Å². The molecule has 3 aromatic carbocycles. The predicted octanol–water partition coefficient (Wildman–Crippen LogP) is 5.71. The number of nitro groups is 1. The lowest BCUT2D eigenvalue weighted by molar-refractivity contribution is -0.384. The van der Waals surface area contributed by atoms with Crippen LogP contribution in [-0.2, 0) is 0 Å². The van der Waals surface area contributed by atoms with Gasteiger partial charge in [-0.3, -0.25) is 25.0 Å². The second-order valence-corrected chi connectivity index (χ2v) is 9.50. The number of thiocarbonyl (C=S) groups is 1. The highest BCUT2D eigenvalue weighted by atomic mass is 32.1. The van der Waals surface area contributed by atoms with Crippen LogP contribution in [0.25, 0.3) is 11.0 Å². The van der Waals surface area contributed by atoms with Crippen LogP contribution in [0.1, 0.15) is 40.2 Å². The summed E-state index contributed by atoms with van der Waals surface area (Å²) in [5, 5.41) is 20.8. The van der Waals surface area contributed by atoms with Gasteiger partial charge in [0, 0.05) is 41.5 Å². The number of nitrogens with zero attached hydrogens (tertiary/aromatic N) is 2. The number of benzene rings is 3. The number of nitrogens with one attached hydrogen (secondary N) is 3. The fraction of sp³-hybridized carbons (Fsp3) is 0.179. The molecule has 3 N–H and O–H groups in total. The van der Waals surface area contributed by atoms with E-state index in [9.17, 15) is 19.7 Å². The Morgan fingerprint density at radius 2 is 1.56 bits per heavy atom. The maximum atomic E-state index is 12.8. The standard InChI is InChI=1S/C28H25N5O5S/c34-26(19-8-13-22(23(16-19)33(36)37)32-14-4-1-5-15-32)31-28(39)30-21-11-9-20(10-12-21)29-27(35)25-17-18-6-2-3-7-24(18)38-25/h2-3,6-13,16-17H,1,4-5,14-15H2,(H,29,35)(H2,30,31,34,39). The summed E-state index contributed by atoms with van der Waals surface area (Å²) in [7, 11) is 0. The smallest absolute Gasteiger partial charge is 0.293 e. The number of rotatable bonds is 6. The van der Waals surface area contributed by atoms with E-state index in [0.29, 0.717) is 22.6 Å². The van der Waals surface area contributed by atoms with Crippen LogP contribution in [-0.4, -0.2) is 34.9 Å². The van der Waals surface area contributed by atoms with Crippen LogP contribution >= 0.6 is 12.2 Å². The molecule has 2 amide bonds. The third-order valence-electron chi connectivity index (χ3n) is 6.41. The van der Waals surface area contributed by atoms with Gasteiger partial charge in [0.15, 0.2) is 10.9 Å². The number of carbonyl (C=O) groups is 2. The highest BCUT2D eigenvalue weighted by molar-refractivity contribution is 7.80. The van der Waals surface area contributed by atoms with Crippen molar-refractivity contribution in [3.63, 3.8) is 0 Å². The van der Waals surface area contributed by atoms with E-state index in [-0.39, 0.29) is 28.0 Å². The lowest BCUT2D eigenvalue weighted by Gasteiger charge is -2.28. The van der Waals surface area contributed by atoms with Crippen molar-refractivity contribution in [3.05, 3.63) is 94.2 Å². The zero-order valence-electron chi connectivity index (χ0n) is 20.8.